The second-order valence-electron chi connectivity index (χ2n) is 7.46. The molecule has 0 spiro atoms. The van der Waals surface area contributed by atoms with E-state index in [1.54, 1.807) is 30.3 Å². The molecule has 2 heterocycles. The fourth-order valence-corrected chi connectivity index (χ4v) is 3.70. The van der Waals surface area contributed by atoms with E-state index in [1.165, 1.54) is 29.3 Å². The molecular weight excluding hydrogens is 431 g/mol. The van der Waals surface area contributed by atoms with Crippen LogP contribution in [0.2, 0.25) is 0 Å². The van der Waals surface area contributed by atoms with Crippen molar-refractivity contribution in [3.05, 3.63) is 77.2 Å². The fraction of sp³-hybridized carbons (Fsp3) is 0.130. The average molecular weight is 450 g/mol. The Kier molecular flexibility index (Phi) is 5.90. The van der Waals surface area contributed by atoms with Crippen LogP contribution in [0.5, 0.6) is 11.6 Å². The van der Waals surface area contributed by atoms with Crippen LogP contribution in [0, 0.1) is 5.82 Å². The molecular formula is C23H19FN4O5. The zero-order chi connectivity index (χ0) is 23.5. The van der Waals surface area contributed by atoms with Crippen molar-refractivity contribution in [2.75, 3.05) is 6.54 Å². The van der Waals surface area contributed by atoms with Gasteiger partial charge < -0.3 is 20.4 Å². The molecule has 0 radical (unpaired) electrons. The molecule has 0 saturated heterocycles. The minimum absolute atomic E-state index is 0.0856. The van der Waals surface area contributed by atoms with Gasteiger partial charge in [-0.2, -0.15) is 0 Å². The molecule has 0 bridgehead atoms. The topological polar surface area (TPSA) is 132 Å². The standard InChI is InChI=1S/C23H19FN4O5/c24-17-6-5-15-10-28(22(32)18(15)8-17)11-19(27-23(33)26-12-29)14-3-1-13(2-4-14)16-7-20(30)21(31)25-9-16/h1-9,12,19,30H,10-11H2,(H,25,31)(H2,26,27,29,33)/t19-/m0/s1. The number of rotatable bonds is 6. The smallest absolute Gasteiger partial charge is 0.321 e. The quantitative estimate of drug-likeness (QED) is 0.427. The number of hydrogen-bond donors (Lipinski definition) is 4. The summed E-state index contributed by atoms with van der Waals surface area (Å²) >= 11 is 0. The van der Waals surface area contributed by atoms with Crippen molar-refractivity contribution in [1.29, 1.82) is 0 Å². The second kappa shape index (κ2) is 8.95. The summed E-state index contributed by atoms with van der Waals surface area (Å²) in [5, 5.41) is 23.7. The summed E-state index contributed by atoms with van der Waals surface area (Å²) in [6.07, 6.45) is 1.65. The Morgan fingerprint density at radius 3 is 2.61 bits per heavy atom. The summed E-state index contributed by atoms with van der Waals surface area (Å²) in [7, 11) is 0. The van der Waals surface area contributed by atoms with Gasteiger partial charge in [0.2, 0.25) is 6.41 Å². The van der Waals surface area contributed by atoms with Crippen LogP contribution in [0.3, 0.4) is 0 Å². The van der Waals surface area contributed by atoms with Crippen LogP contribution in [0.15, 0.2) is 54.7 Å². The summed E-state index contributed by atoms with van der Waals surface area (Å²) in [6, 6.07) is 10.9. The van der Waals surface area contributed by atoms with Crippen LogP contribution in [0.4, 0.5) is 9.18 Å². The number of aromatic hydroxyl groups is 2. The van der Waals surface area contributed by atoms with Crippen molar-refractivity contribution >= 4 is 18.3 Å². The maximum absolute atomic E-state index is 13.6. The lowest BCUT2D eigenvalue weighted by molar-refractivity contribution is -0.108. The van der Waals surface area contributed by atoms with Crippen molar-refractivity contribution in [1.82, 2.24) is 20.5 Å². The lowest BCUT2D eigenvalue weighted by Gasteiger charge is -2.25. The molecule has 4 amide bonds. The molecule has 0 fully saturated rings. The van der Waals surface area contributed by atoms with Crippen molar-refractivity contribution in [2.24, 2.45) is 0 Å². The van der Waals surface area contributed by atoms with E-state index >= 15 is 0 Å². The monoisotopic (exact) mass is 450 g/mol. The highest BCUT2D eigenvalue weighted by molar-refractivity contribution is 5.98. The molecule has 33 heavy (non-hydrogen) atoms. The van der Waals surface area contributed by atoms with E-state index in [4.69, 9.17) is 0 Å². The molecule has 3 aromatic rings. The minimum Gasteiger partial charge on any atom is -0.503 e. The Morgan fingerprint density at radius 2 is 1.91 bits per heavy atom. The number of carbonyl (C=O) groups is 3. The lowest BCUT2D eigenvalue weighted by Crippen LogP contribution is -2.42. The number of hydrogen-bond acceptors (Lipinski definition) is 6. The summed E-state index contributed by atoms with van der Waals surface area (Å²) in [5.41, 5.74) is 2.87. The van der Waals surface area contributed by atoms with Crippen molar-refractivity contribution in [3.63, 3.8) is 0 Å². The first-order valence-corrected chi connectivity index (χ1v) is 9.92. The minimum atomic E-state index is -0.734. The van der Waals surface area contributed by atoms with Gasteiger partial charge in [-0.3, -0.25) is 14.9 Å². The molecule has 4 N–H and O–H groups in total. The van der Waals surface area contributed by atoms with Crippen LogP contribution in [0.25, 0.3) is 11.1 Å². The molecule has 0 unspecified atom stereocenters. The van der Waals surface area contributed by atoms with E-state index in [-0.39, 0.29) is 36.7 Å². The highest BCUT2D eigenvalue weighted by Crippen LogP contribution is 2.30. The Bertz CT molecular complexity index is 1230. The van der Waals surface area contributed by atoms with Crippen molar-refractivity contribution in [3.8, 4) is 22.8 Å². The maximum atomic E-state index is 13.6. The molecule has 0 aliphatic carbocycles. The molecule has 10 heteroatoms. The number of carbonyl (C=O) groups excluding carboxylic acids is 3. The summed E-state index contributed by atoms with van der Waals surface area (Å²) in [6.45, 7) is 0.348. The Labute approximate surface area is 187 Å². The first-order chi connectivity index (χ1) is 15.9. The number of amides is 4. The molecule has 4 rings (SSSR count). The highest BCUT2D eigenvalue weighted by atomic mass is 19.1. The first kappa shape index (κ1) is 21.8. The predicted molar refractivity (Wildman–Crippen MR) is 115 cm³/mol. The van der Waals surface area contributed by atoms with Crippen LogP contribution in [-0.2, 0) is 11.3 Å². The van der Waals surface area contributed by atoms with E-state index in [9.17, 15) is 29.0 Å². The van der Waals surface area contributed by atoms with E-state index in [0.29, 0.717) is 22.3 Å². The average Bonchev–Trinajstić information content (AvgIpc) is 3.10. The van der Waals surface area contributed by atoms with Crippen LogP contribution < -0.4 is 10.6 Å². The van der Waals surface area contributed by atoms with Crippen LogP contribution in [-0.4, -0.2) is 45.0 Å². The molecule has 2 aromatic carbocycles. The number of imide groups is 1. The number of nitrogens with one attached hydrogen (secondary N) is 2. The van der Waals surface area contributed by atoms with Gasteiger partial charge in [-0.25, -0.2) is 14.2 Å². The zero-order valence-corrected chi connectivity index (χ0v) is 17.2. The first-order valence-electron chi connectivity index (χ1n) is 9.92. The highest BCUT2D eigenvalue weighted by Gasteiger charge is 2.30. The van der Waals surface area contributed by atoms with Gasteiger partial charge >= 0.3 is 6.03 Å². The van der Waals surface area contributed by atoms with Crippen molar-refractivity contribution < 1.29 is 29.0 Å². The second-order valence-corrected chi connectivity index (χ2v) is 7.46. The lowest BCUT2D eigenvalue weighted by atomic mass is 10.0. The molecule has 168 valence electrons. The molecule has 0 saturated carbocycles. The SMILES string of the molecule is O=CNC(=O)N[C@@H](CN1Cc2ccc(F)cc2C1=O)c1ccc(-c2cnc(O)c(O)c2)cc1. The van der Waals surface area contributed by atoms with Crippen LogP contribution in [0.1, 0.15) is 27.5 Å². The Balaban J connectivity index is 1.58. The van der Waals surface area contributed by atoms with Gasteiger partial charge in [0.25, 0.3) is 11.8 Å². The van der Waals surface area contributed by atoms with Crippen LogP contribution >= 0.6 is 0 Å². The number of benzene rings is 2. The summed E-state index contributed by atoms with van der Waals surface area (Å²) in [4.78, 5) is 40.6. The third-order valence-electron chi connectivity index (χ3n) is 5.34. The van der Waals surface area contributed by atoms with Gasteiger partial charge in [-0.1, -0.05) is 30.3 Å². The number of urea groups is 1. The third kappa shape index (κ3) is 4.59. The number of pyridine rings is 1. The van der Waals surface area contributed by atoms with Crippen molar-refractivity contribution in [2.45, 2.75) is 12.6 Å². The largest absolute Gasteiger partial charge is 0.503 e. The third-order valence-corrected chi connectivity index (χ3v) is 5.34. The zero-order valence-electron chi connectivity index (χ0n) is 17.2. The van der Waals surface area contributed by atoms with E-state index in [0.717, 1.165) is 0 Å². The normalized spacial score (nSPS) is 13.4. The molecule has 1 aromatic heterocycles. The van der Waals surface area contributed by atoms with Gasteiger partial charge in [-0.15, -0.1) is 0 Å². The molecule has 9 nitrogen and oxygen atoms in total. The summed E-state index contributed by atoms with van der Waals surface area (Å²) in [5.74, 6) is -1.69. The van der Waals surface area contributed by atoms with Gasteiger partial charge in [0.15, 0.2) is 5.75 Å². The number of halogens is 1. The van der Waals surface area contributed by atoms with Gasteiger partial charge in [0.1, 0.15) is 5.82 Å². The van der Waals surface area contributed by atoms with Gasteiger partial charge in [0.05, 0.1) is 6.04 Å². The van der Waals surface area contributed by atoms with Gasteiger partial charge in [0, 0.05) is 30.4 Å². The maximum Gasteiger partial charge on any atom is 0.321 e. The predicted octanol–water partition coefficient (Wildman–Crippen LogP) is 2.45. The van der Waals surface area contributed by atoms with E-state index in [1.807, 2.05) is 5.32 Å². The Hall–Kier alpha value is -4.47. The number of nitrogens with zero attached hydrogens (tertiary/aromatic N) is 2. The summed E-state index contributed by atoms with van der Waals surface area (Å²) < 4.78 is 13.6. The van der Waals surface area contributed by atoms with E-state index in [2.05, 4.69) is 10.3 Å². The number of aromatic nitrogens is 1. The number of fused-ring (bicyclic) bond motifs is 1. The fourth-order valence-electron chi connectivity index (χ4n) is 3.70. The molecule has 1 atom stereocenters. The van der Waals surface area contributed by atoms with Gasteiger partial charge in [-0.05, 0) is 34.9 Å². The Morgan fingerprint density at radius 1 is 1.15 bits per heavy atom. The molecule has 1 aliphatic rings. The van der Waals surface area contributed by atoms with E-state index < -0.39 is 23.8 Å². The molecule has 1 aliphatic heterocycles.